The summed E-state index contributed by atoms with van der Waals surface area (Å²) in [6, 6.07) is 32.3. The van der Waals surface area contributed by atoms with Gasteiger partial charge in [0.05, 0.1) is 0 Å². The Balaban J connectivity index is 1.57. The molecule has 0 aliphatic carbocycles. The van der Waals surface area contributed by atoms with Crippen LogP contribution in [0.3, 0.4) is 0 Å². The van der Waals surface area contributed by atoms with Gasteiger partial charge in [0.1, 0.15) is 11.2 Å². The van der Waals surface area contributed by atoms with Gasteiger partial charge in [-0.25, -0.2) is 0 Å². The number of hydrogen-bond acceptors (Lipinski definition) is 1. The topological polar surface area (TPSA) is 13.1 Å². The fourth-order valence-corrected chi connectivity index (χ4v) is 4.26. The van der Waals surface area contributed by atoms with Gasteiger partial charge in [0.25, 0.3) is 0 Å². The van der Waals surface area contributed by atoms with E-state index >= 15 is 0 Å². The van der Waals surface area contributed by atoms with Gasteiger partial charge in [-0.05, 0) is 57.9 Å². The fraction of sp³-hybridized carbons (Fsp3) is 0.172. The SMILES string of the molecule is CC(C)C(C)c1cccc2oc3cc(-c4ccc(-c5ccccc5)cc4)ccc3c12. The van der Waals surface area contributed by atoms with Gasteiger partial charge in [-0.3, -0.25) is 0 Å². The zero-order chi connectivity index (χ0) is 20.7. The normalized spacial score (nSPS) is 12.7. The molecule has 0 aliphatic rings. The van der Waals surface area contributed by atoms with Gasteiger partial charge < -0.3 is 4.42 Å². The van der Waals surface area contributed by atoms with Crippen molar-refractivity contribution in [1.29, 1.82) is 0 Å². The minimum absolute atomic E-state index is 0.486. The van der Waals surface area contributed by atoms with E-state index in [2.05, 4.69) is 106 Å². The van der Waals surface area contributed by atoms with Crippen molar-refractivity contribution in [2.24, 2.45) is 5.92 Å². The van der Waals surface area contributed by atoms with Gasteiger partial charge in [-0.2, -0.15) is 0 Å². The number of furan rings is 1. The molecule has 148 valence electrons. The largest absolute Gasteiger partial charge is 0.456 e. The molecule has 0 aliphatic heterocycles. The number of fused-ring (bicyclic) bond motifs is 3. The lowest BCUT2D eigenvalue weighted by Crippen LogP contribution is -2.02. The molecular formula is C29H26O. The van der Waals surface area contributed by atoms with Crippen molar-refractivity contribution in [3.63, 3.8) is 0 Å². The summed E-state index contributed by atoms with van der Waals surface area (Å²) < 4.78 is 6.28. The van der Waals surface area contributed by atoms with Crippen LogP contribution in [0.25, 0.3) is 44.2 Å². The molecule has 0 saturated heterocycles. The Hall–Kier alpha value is -3.32. The molecule has 1 unspecified atom stereocenters. The molecule has 1 nitrogen and oxygen atoms in total. The van der Waals surface area contributed by atoms with E-state index in [0.717, 1.165) is 11.2 Å². The smallest absolute Gasteiger partial charge is 0.136 e. The van der Waals surface area contributed by atoms with Crippen molar-refractivity contribution in [2.75, 3.05) is 0 Å². The summed E-state index contributed by atoms with van der Waals surface area (Å²) in [4.78, 5) is 0. The first-order chi connectivity index (χ1) is 14.6. The monoisotopic (exact) mass is 390 g/mol. The predicted molar refractivity (Wildman–Crippen MR) is 128 cm³/mol. The summed E-state index contributed by atoms with van der Waals surface area (Å²) >= 11 is 0. The molecule has 1 aromatic heterocycles. The van der Waals surface area contributed by atoms with Crippen LogP contribution in [0, 0.1) is 5.92 Å². The molecule has 1 heteroatoms. The Bertz CT molecular complexity index is 1310. The Labute approximate surface area is 178 Å². The maximum Gasteiger partial charge on any atom is 0.136 e. The van der Waals surface area contributed by atoms with Gasteiger partial charge in [-0.15, -0.1) is 0 Å². The standard InChI is InChI=1S/C29H26O/c1-19(2)20(3)25-10-7-11-27-29(25)26-17-16-24(18-28(26)30-27)23-14-12-22(13-15-23)21-8-5-4-6-9-21/h4-20H,1-3H3. The van der Waals surface area contributed by atoms with Crippen LogP contribution in [0.4, 0.5) is 0 Å². The lowest BCUT2D eigenvalue weighted by Gasteiger charge is -2.16. The highest BCUT2D eigenvalue weighted by molar-refractivity contribution is 6.07. The third kappa shape index (κ3) is 3.21. The Morgan fingerprint density at radius 2 is 1.20 bits per heavy atom. The fourth-order valence-electron chi connectivity index (χ4n) is 4.26. The minimum atomic E-state index is 0.486. The first-order valence-corrected chi connectivity index (χ1v) is 10.7. The van der Waals surface area contributed by atoms with Crippen molar-refractivity contribution in [2.45, 2.75) is 26.7 Å². The zero-order valence-electron chi connectivity index (χ0n) is 17.7. The molecule has 1 atom stereocenters. The van der Waals surface area contributed by atoms with Crippen LogP contribution < -0.4 is 0 Å². The summed E-state index contributed by atoms with van der Waals surface area (Å²) in [6.07, 6.45) is 0. The Kier molecular flexibility index (Phi) is 4.67. The average molecular weight is 391 g/mol. The summed E-state index contributed by atoms with van der Waals surface area (Å²) in [6.45, 7) is 6.87. The van der Waals surface area contributed by atoms with Crippen molar-refractivity contribution >= 4 is 21.9 Å². The van der Waals surface area contributed by atoms with Crippen LogP contribution in [0.5, 0.6) is 0 Å². The van der Waals surface area contributed by atoms with E-state index in [-0.39, 0.29) is 0 Å². The summed E-state index contributed by atoms with van der Waals surface area (Å²) in [5.41, 5.74) is 8.17. The molecule has 4 aromatic carbocycles. The highest BCUT2D eigenvalue weighted by Crippen LogP contribution is 2.38. The molecular weight excluding hydrogens is 364 g/mol. The highest BCUT2D eigenvalue weighted by Gasteiger charge is 2.17. The zero-order valence-corrected chi connectivity index (χ0v) is 17.7. The van der Waals surface area contributed by atoms with Crippen LogP contribution in [-0.4, -0.2) is 0 Å². The number of rotatable bonds is 4. The summed E-state index contributed by atoms with van der Waals surface area (Å²) in [7, 11) is 0. The van der Waals surface area contributed by atoms with Gasteiger partial charge in [0.2, 0.25) is 0 Å². The maximum atomic E-state index is 6.28. The third-order valence-electron chi connectivity index (χ3n) is 6.35. The van der Waals surface area contributed by atoms with E-state index in [1.165, 1.54) is 38.6 Å². The van der Waals surface area contributed by atoms with E-state index < -0.39 is 0 Å². The molecule has 5 rings (SSSR count). The second-order valence-electron chi connectivity index (χ2n) is 8.51. The Morgan fingerprint density at radius 1 is 0.567 bits per heavy atom. The van der Waals surface area contributed by atoms with E-state index in [9.17, 15) is 0 Å². The van der Waals surface area contributed by atoms with Crippen molar-refractivity contribution in [3.05, 3.63) is 96.6 Å². The van der Waals surface area contributed by atoms with E-state index in [1.54, 1.807) is 0 Å². The summed E-state index contributed by atoms with van der Waals surface area (Å²) in [5, 5.41) is 2.47. The van der Waals surface area contributed by atoms with Gasteiger partial charge in [-0.1, -0.05) is 93.6 Å². The van der Waals surface area contributed by atoms with Gasteiger partial charge in [0.15, 0.2) is 0 Å². The minimum Gasteiger partial charge on any atom is -0.456 e. The van der Waals surface area contributed by atoms with Gasteiger partial charge in [0, 0.05) is 10.8 Å². The molecule has 0 spiro atoms. The molecule has 1 heterocycles. The second-order valence-corrected chi connectivity index (χ2v) is 8.51. The molecule has 0 saturated carbocycles. The lowest BCUT2D eigenvalue weighted by molar-refractivity contribution is 0.538. The molecule has 0 amide bonds. The molecule has 0 radical (unpaired) electrons. The molecule has 0 N–H and O–H groups in total. The first kappa shape index (κ1) is 18.7. The van der Waals surface area contributed by atoms with Crippen molar-refractivity contribution < 1.29 is 4.42 Å². The average Bonchev–Trinajstić information content (AvgIpc) is 3.17. The van der Waals surface area contributed by atoms with Gasteiger partial charge >= 0.3 is 0 Å². The van der Waals surface area contributed by atoms with E-state index in [4.69, 9.17) is 4.42 Å². The van der Waals surface area contributed by atoms with E-state index in [0.29, 0.717) is 11.8 Å². The molecule has 0 bridgehead atoms. The van der Waals surface area contributed by atoms with E-state index in [1.807, 2.05) is 6.07 Å². The van der Waals surface area contributed by atoms with Crippen LogP contribution >= 0.6 is 0 Å². The molecule has 5 aromatic rings. The quantitative estimate of drug-likeness (QED) is 0.299. The van der Waals surface area contributed by atoms with Crippen LogP contribution in [0.15, 0.2) is 95.4 Å². The number of hydrogen-bond donors (Lipinski definition) is 0. The third-order valence-corrected chi connectivity index (χ3v) is 6.35. The lowest BCUT2D eigenvalue weighted by atomic mass is 9.87. The van der Waals surface area contributed by atoms with Crippen molar-refractivity contribution in [1.82, 2.24) is 0 Å². The highest BCUT2D eigenvalue weighted by atomic mass is 16.3. The molecule has 30 heavy (non-hydrogen) atoms. The maximum absolute atomic E-state index is 6.28. The van der Waals surface area contributed by atoms with Crippen molar-refractivity contribution in [3.8, 4) is 22.3 Å². The van der Waals surface area contributed by atoms with Crippen LogP contribution in [-0.2, 0) is 0 Å². The predicted octanol–water partition coefficient (Wildman–Crippen LogP) is 8.68. The van der Waals surface area contributed by atoms with Crippen LogP contribution in [0.1, 0.15) is 32.3 Å². The summed E-state index contributed by atoms with van der Waals surface area (Å²) in [5.74, 6) is 1.07. The first-order valence-electron chi connectivity index (χ1n) is 10.7. The molecule has 0 fully saturated rings. The Morgan fingerprint density at radius 3 is 1.90 bits per heavy atom. The second kappa shape index (κ2) is 7.50. The number of benzene rings is 4. The van der Waals surface area contributed by atoms with Crippen LogP contribution in [0.2, 0.25) is 0 Å².